The molecule has 1 fully saturated rings. The molecule has 2 unspecified atom stereocenters. The average molecular weight is 519 g/mol. The second kappa shape index (κ2) is 8.53. The quantitative estimate of drug-likeness (QED) is 0.627. The van der Waals surface area contributed by atoms with E-state index in [0.717, 1.165) is 17.4 Å². The van der Waals surface area contributed by atoms with Crippen LogP contribution in [0.5, 0.6) is 0 Å². The number of carbonyl (C=O) groups excluding carboxylic acids is 3. The lowest BCUT2D eigenvalue weighted by molar-refractivity contribution is -0.191. The van der Waals surface area contributed by atoms with E-state index < -0.39 is 46.4 Å². The Balaban J connectivity index is 1.84. The fraction of sp³-hybridized carbons (Fsp3) is 0.522. The van der Waals surface area contributed by atoms with E-state index in [9.17, 15) is 27.6 Å². The third-order valence-electron chi connectivity index (χ3n) is 6.43. The molecular weight excluding hydrogens is 496 g/mol. The molecule has 0 radical (unpaired) electrons. The topological polar surface area (TPSA) is 75.7 Å². The predicted octanol–water partition coefficient (Wildman–Crippen LogP) is 4.69. The van der Waals surface area contributed by atoms with Gasteiger partial charge < -0.3 is 15.0 Å². The average Bonchev–Trinajstić information content (AvgIpc) is 3.28. The number of allylic oxidation sites excluding steroid dienone is 1. The van der Waals surface area contributed by atoms with Gasteiger partial charge in [0.25, 0.3) is 11.8 Å². The molecule has 1 aromatic rings. The fourth-order valence-electron chi connectivity index (χ4n) is 4.92. The van der Waals surface area contributed by atoms with Gasteiger partial charge in [-0.2, -0.15) is 13.2 Å². The van der Waals surface area contributed by atoms with Gasteiger partial charge in [0.2, 0.25) is 5.54 Å². The van der Waals surface area contributed by atoms with Crippen molar-refractivity contribution in [1.82, 2.24) is 10.2 Å². The van der Waals surface area contributed by atoms with Crippen LogP contribution in [0.2, 0.25) is 10.0 Å². The zero-order valence-corrected chi connectivity index (χ0v) is 20.0. The van der Waals surface area contributed by atoms with E-state index in [2.05, 4.69) is 0 Å². The third-order valence-corrected chi connectivity index (χ3v) is 6.98. The first-order valence-electron chi connectivity index (χ1n) is 10.8. The van der Waals surface area contributed by atoms with E-state index in [1.54, 1.807) is 13.8 Å². The number of nitrogens with zero attached hydrogens (tertiary/aromatic N) is 1. The van der Waals surface area contributed by atoms with E-state index in [4.69, 9.17) is 27.9 Å². The summed E-state index contributed by atoms with van der Waals surface area (Å²) in [6.45, 7) is 3.82. The molecule has 0 spiro atoms. The summed E-state index contributed by atoms with van der Waals surface area (Å²) in [5.41, 5.74) is -5.21. The van der Waals surface area contributed by atoms with Gasteiger partial charge in [-0.15, -0.1) is 0 Å². The largest absolute Gasteiger partial charge is 0.425 e. The van der Waals surface area contributed by atoms with Gasteiger partial charge in [0.1, 0.15) is 0 Å². The summed E-state index contributed by atoms with van der Waals surface area (Å²) in [7, 11) is 0. The molecule has 1 aliphatic carbocycles. The van der Waals surface area contributed by atoms with Gasteiger partial charge in [-0.25, -0.2) is 0 Å². The number of nitrogens with one attached hydrogen (secondary N) is 1. The maximum Gasteiger partial charge on any atom is 0.425 e. The maximum absolute atomic E-state index is 14.8. The summed E-state index contributed by atoms with van der Waals surface area (Å²) in [6.07, 6.45) is -4.57. The van der Waals surface area contributed by atoms with Crippen molar-refractivity contribution < 1.29 is 32.3 Å². The fourth-order valence-corrected chi connectivity index (χ4v) is 5.42. The number of amides is 2. The van der Waals surface area contributed by atoms with Crippen LogP contribution in [0.15, 0.2) is 29.5 Å². The van der Waals surface area contributed by atoms with Crippen molar-refractivity contribution in [3.05, 3.63) is 45.1 Å². The van der Waals surface area contributed by atoms with Crippen LogP contribution in [-0.4, -0.2) is 53.5 Å². The highest BCUT2D eigenvalue weighted by atomic mass is 35.5. The van der Waals surface area contributed by atoms with E-state index >= 15 is 0 Å². The molecule has 2 amide bonds. The molecule has 2 aliphatic heterocycles. The number of halogens is 5. The lowest BCUT2D eigenvalue weighted by Crippen LogP contribution is -2.66. The van der Waals surface area contributed by atoms with Crippen molar-refractivity contribution in [2.75, 3.05) is 13.2 Å². The van der Waals surface area contributed by atoms with Crippen LogP contribution >= 0.6 is 23.2 Å². The zero-order valence-electron chi connectivity index (χ0n) is 18.5. The summed E-state index contributed by atoms with van der Waals surface area (Å²) in [4.78, 5) is 40.7. The van der Waals surface area contributed by atoms with Crippen molar-refractivity contribution in [1.29, 1.82) is 0 Å². The van der Waals surface area contributed by atoms with E-state index in [1.807, 2.05) is 5.32 Å². The van der Waals surface area contributed by atoms with Gasteiger partial charge in [-0.1, -0.05) is 37.0 Å². The summed E-state index contributed by atoms with van der Waals surface area (Å²) in [5.74, 6) is -3.48. The number of rotatable bonds is 4. The minimum Gasteiger partial charge on any atom is -0.376 e. The summed E-state index contributed by atoms with van der Waals surface area (Å²) >= 11 is 11.9. The molecule has 0 bridgehead atoms. The molecule has 34 heavy (non-hydrogen) atoms. The summed E-state index contributed by atoms with van der Waals surface area (Å²) in [5, 5.41) is 1.86. The number of ether oxygens (including phenoxy) is 1. The molecule has 2 heterocycles. The Labute approximate surface area is 204 Å². The van der Waals surface area contributed by atoms with Gasteiger partial charge in [-0.3, -0.25) is 14.4 Å². The normalized spacial score (nSPS) is 26.8. The van der Waals surface area contributed by atoms with Crippen molar-refractivity contribution in [2.45, 2.75) is 57.3 Å². The predicted molar refractivity (Wildman–Crippen MR) is 118 cm³/mol. The highest BCUT2D eigenvalue weighted by Gasteiger charge is 2.71. The third kappa shape index (κ3) is 4.12. The molecule has 1 saturated heterocycles. The number of benzene rings is 1. The second-order valence-electron chi connectivity index (χ2n) is 9.64. The molecule has 11 heteroatoms. The number of ketones is 1. The van der Waals surface area contributed by atoms with Crippen molar-refractivity contribution in [2.24, 2.45) is 5.41 Å². The maximum atomic E-state index is 14.8. The Hall–Kier alpha value is -2.10. The SMILES string of the molecule is CC1(C)CC(=O)C2=C(C1)N(CC1CCCO1)C(=O)C2(NC(=O)c1ccc(Cl)cc1Cl)C(F)(F)F. The van der Waals surface area contributed by atoms with Crippen LogP contribution in [0, 0.1) is 5.41 Å². The Morgan fingerprint density at radius 2 is 1.94 bits per heavy atom. The van der Waals surface area contributed by atoms with Crippen LogP contribution in [0.3, 0.4) is 0 Å². The molecule has 1 N–H and O–H groups in total. The van der Waals surface area contributed by atoms with E-state index in [-0.39, 0.29) is 40.7 Å². The smallest absolute Gasteiger partial charge is 0.376 e. The number of Topliss-reactive ketones (excluding diaryl/α,β-unsaturated/α-hetero) is 1. The Morgan fingerprint density at radius 3 is 2.53 bits per heavy atom. The Kier molecular flexibility index (Phi) is 6.28. The molecule has 0 saturated carbocycles. The van der Waals surface area contributed by atoms with E-state index in [1.165, 1.54) is 12.1 Å². The highest BCUT2D eigenvalue weighted by Crippen LogP contribution is 2.52. The molecule has 3 aliphatic rings. The molecule has 4 rings (SSSR count). The van der Waals surface area contributed by atoms with Crippen LogP contribution in [-0.2, 0) is 14.3 Å². The van der Waals surface area contributed by atoms with Crippen LogP contribution in [0.1, 0.15) is 49.9 Å². The number of carbonyl (C=O) groups is 3. The first-order valence-corrected chi connectivity index (χ1v) is 11.6. The Morgan fingerprint density at radius 1 is 1.24 bits per heavy atom. The number of alkyl halides is 3. The lowest BCUT2D eigenvalue weighted by Gasteiger charge is -2.35. The minimum atomic E-state index is -5.29. The standard InChI is InChI=1S/C23H23Cl2F3N2O4/c1-21(2)9-16-18(17(31)10-21)22(23(26,27)28,20(33)30(16)11-13-4-3-7-34-13)29-19(32)14-6-5-12(24)8-15(14)25/h5-6,8,13H,3-4,7,9-11H2,1-2H3,(H,29,32). The minimum absolute atomic E-state index is 0.0124. The van der Waals surface area contributed by atoms with Crippen molar-refractivity contribution in [3.63, 3.8) is 0 Å². The van der Waals surface area contributed by atoms with Crippen LogP contribution in [0.25, 0.3) is 0 Å². The molecular formula is C23H23Cl2F3N2O4. The molecule has 2 atom stereocenters. The number of hydrogen-bond donors (Lipinski definition) is 1. The van der Waals surface area contributed by atoms with Crippen LogP contribution < -0.4 is 5.32 Å². The monoisotopic (exact) mass is 518 g/mol. The van der Waals surface area contributed by atoms with E-state index in [0.29, 0.717) is 13.0 Å². The van der Waals surface area contributed by atoms with Crippen molar-refractivity contribution >= 4 is 40.8 Å². The number of hydrogen-bond acceptors (Lipinski definition) is 4. The lowest BCUT2D eigenvalue weighted by atomic mass is 9.72. The van der Waals surface area contributed by atoms with Gasteiger partial charge >= 0.3 is 6.18 Å². The summed E-state index contributed by atoms with van der Waals surface area (Å²) < 4.78 is 49.9. The van der Waals surface area contributed by atoms with Gasteiger partial charge in [0.05, 0.1) is 28.8 Å². The zero-order chi connectivity index (χ0) is 25.1. The Bertz CT molecular complexity index is 1100. The molecule has 184 valence electrons. The second-order valence-corrected chi connectivity index (χ2v) is 10.5. The first-order chi connectivity index (χ1) is 15.8. The van der Waals surface area contributed by atoms with Crippen molar-refractivity contribution in [3.8, 4) is 0 Å². The highest BCUT2D eigenvalue weighted by molar-refractivity contribution is 6.36. The van der Waals surface area contributed by atoms with Crippen LogP contribution in [0.4, 0.5) is 13.2 Å². The summed E-state index contributed by atoms with van der Waals surface area (Å²) in [6, 6.07) is 3.66. The molecule has 6 nitrogen and oxygen atoms in total. The van der Waals surface area contributed by atoms with Gasteiger partial charge in [-0.05, 0) is 42.9 Å². The molecule has 1 aromatic carbocycles. The first kappa shape index (κ1) is 25.0. The molecule has 0 aromatic heterocycles. The van der Waals surface area contributed by atoms with Gasteiger partial charge in [0.15, 0.2) is 5.78 Å². The van der Waals surface area contributed by atoms with Gasteiger partial charge in [0, 0.05) is 23.7 Å².